The average Bonchev–Trinajstić information content (AvgIpc) is 2.53. The molecule has 2 aromatic rings. The zero-order chi connectivity index (χ0) is 15.6. The van der Waals surface area contributed by atoms with Crippen LogP contribution in [0.2, 0.25) is 0 Å². The number of rotatable bonds is 10. The van der Waals surface area contributed by atoms with Crippen LogP contribution in [0.3, 0.4) is 0 Å². The predicted octanol–water partition coefficient (Wildman–Crippen LogP) is 5.42. The lowest BCUT2D eigenvalue weighted by molar-refractivity contribution is 0.401. The Kier molecular flexibility index (Phi) is 7.50. The van der Waals surface area contributed by atoms with Gasteiger partial charge in [-0.15, -0.1) is 0 Å². The van der Waals surface area contributed by atoms with Gasteiger partial charge in [0.25, 0.3) is 5.22 Å². The van der Waals surface area contributed by atoms with Gasteiger partial charge < -0.3 is 4.42 Å². The van der Waals surface area contributed by atoms with Crippen LogP contribution in [0.25, 0.3) is 10.9 Å². The summed E-state index contributed by atoms with van der Waals surface area (Å²) in [6.45, 7) is 2.25. The maximum Gasteiger partial charge on any atom is 0.347 e. The lowest BCUT2D eigenvalue weighted by Crippen LogP contribution is -2.02. The summed E-state index contributed by atoms with van der Waals surface area (Å²) in [6.07, 6.45) is 10.4. The van der Waals surface area contributed by atoms with Crippen LogP contribution in [-0.4, -0.2) is 10.7 Å². The maximum absolute atomic E-state index is 11.8. The van der Waals surface area contributed by atoms with Crippen molar-refractivity contribution in [2.75, 3.05) is 5.75 Å². The van der Waals surface area contributed by atoms with Gasteiger partial charge in [0.2, 0.25) is 0 Å². The van der Waals surface area contributed by atoms with E-state index in [0.29, 0.717) is 10.6 Å². The maximum atomic E-state index is 11.8. The Labute approximate surface area is 136 Å². The van der Waals surface area contributed by atoms with E-state index in [-0.39, 0.29) is 5.63 Å². The third kappa shape index (κ3) is 5.48. The molecule has 1 aromatic carbocycles. The molecule has 22 heavy (non-hydrogen) atoms. The van der Waals surface area contributed by atoms with Crippen LogP contribution >= 0.6 is 11.8 Å². The molecule has 1 aromatic heterocycles. The van der Waals surface area contributed by atoms with E-state index in [9.17, 15) is 4.79 Å². The van der Waals surface area contributed by atoms with Crippen molar-refractivity contribution in [3.63, 3.8) is 0 Å². The molecule has 0 radical (unpaired) electrons. The highest BCUT2D eigenvalue weighted by Gasteiger charge is 2.05. The second-order valence-corrected chi connectivity index (χ2v) is 6.65. The smallest absolute Gasteiger partial charge is 0.347 e. The summed E-state index contributed by atoms with van der Waals surface area (Å²) in [6, 6.07) is 7.32. The van der Waals surface area contributed by atoms with Crippen molar-refractivity contribution < 1.29 is 4.42 Å². The van der Waals surface area contributed by atoms with Crippen molar-refractivity contribution in [1.29, 1.82) is 0 Å². The van der Waals surface area contributed by atoms with Gasteiger partial charge in [0.05, 0.1) is 10.9 Å². The number of aromatic nitrogens is 1. The van der Waals surface area contributed by atoms with Crippen LogP contribution in [0.1, 0.15) is 58.3 Å². The molecule has 0 N–H and O–H groups in total. The highest BCUT2D eigenvalue weighted by atomic mass is 32.2. The second kappa shape index (κ2) is 9.67. The highest BCUT2D eigenvalue weighted by Crippen LogP contribution is 2.19. The molecule has 120 valence electrons. The van der Waals surface area contributed by atoms with E-state index < -0.39 is 0 Å². The Morgan fingerprint density at radius 1 is 1.00 bits per heavy atom. The van der Waals surface area contributed by atoms with Gasteiger partial charge in [-0.3, -0.25) is 0 Å². The minimum Gasteiger partial charge on any atom is -0.397 e. The summed E-state index contributed by atoms with van der Waals surface area (Å²) in [7, 11) is 0. The molecule has 1 heterocycles. The monoisotopic (exact) mass is 319 g/mol. The van der Waals surface area contributed by atoms with Crippen molar-refractivity contribution in [3.05, 3.63) is 34.7 Å². The second-order valence-electron chi connectivity index (χ2n) is 5.61. The largest absolute Gasteiger partial charge is 0.397 e. The topological polar surface area (TPSA) is 43.1 Å². The minimum absolute atomic E-state index is 0.288. The molecule has 0 spiro atoms. The molecule has 0 fully saturated rings. The first-order valence-corrected chi connectivity index (χ1v) is 9.32. The van der Waals surface area contributed by atoms with Crippen molar-refractivity contribution in [3.8, 4) is 0 Å². The van der Waals surface area contributed by atoms with Gasteiger partial charge in [-0.05, 0) is 18.6 Å². The molecule has 0 aliphatic carbocycles. The van der Waals surface area contributed by atoms with Crippen LogP contribution in [0, 0.1) is 0 Å². The van der Waals surface area contributed by atoms with Crippen molar-refractivity contribution in [1.82, 2.24) is 4.98 Å². The molecule has 0 saturated carbocycles. The van der Waals surface area contributed by atoms with Gasteiger partial charge in [0, 0.05) is 5.75 Å². The molecule has 3 nitrogen and oxygen atoms in total. The Hall–Kier alpha value is -1.29. The molecule has 0 aliphatic rings. The summed E-state index contributed by atoms with van der Waals surface area (Å²) in [4.78, 5) is 16.2. The Bertz CT molecular complexity index is 624. The quantitative estimate of drug-likeness (QED) is 0.433. The molecule has 4 heteroatoms. The fraction of sp³-hybridized carbons (Fsp3) is 0.556. The van der Waals surface area contributed by atoms with Gasteiger partial charge in [0.15, 0.2) is 0 Å². The van der Waals surface area contributed by atoms with Gasteiger partial charge in [0.1, 0.15) is 0 Å². The van der Waals surface area contributed by atoms with E-state index in [0.717, 1.165) is 17.7 Å². The van der Waals surface area contributed by atoms with E-state index in [4.69, 9.17) is 4.42 Å². The molecule has 0 amide bonds. The summed E-state index contributed by atoms with van der Waals surface area (Å²) in [5, 5.41) is 1.05. The van der Waals surface area contributed by atoms with Gasteiger partial charge in [-0.1, -0.05) is 75.8 Å². The molecule has 0 saturated heterocycles. The van der Waals surface area contributed by atoms with Crippen molar-refractivity contribution >= 4 is 22.7 Å². The Morgan fingerprint density at radius 3 is 2.45 bits per heavy atom. The third-order valence-corrected chi connectivity index (χ3v) is 4.65. The number of hydrogen-bond donors (Lipinski definition) is 0. The molecule has 2 rings (SSSR count). The van der Waals surface area contributed by atoms with Crippen molar-refractivity contribution in [2.45, 2.75) is 63.5 Å². The van der Waals surface area contributed by atoms with Gasteiger partial charge in [-0.25, -0.2) is 9.78 Å². The fourth-order valence-electron chi connectivity index (χ4n) is 2.46. The molecule has 0 aliphatic heterocycles. The number of hydrogen-bond acceptors (Lipinski definition) is 4. The Morgan fingerprint density at radius 2 is 1.68 bits per heavy atom. The highest BCUT2D eigenvalue weighted by molar-refractivity contribution is 7.99. The molecule has 0 atom stereocenters. The number of fused-ring (bicyclic) bond motifs is 1. The number of benzene rings is 1. The van der Waals surface area contributed by atoms with E-state index in [1.807, 2.05) is 18.2 Å². The lowest BCUT2D eigenvalue weighted by Gasteiger charge is -2.02. The standard InChI is InChI=1S/C18H25NO2S/c1-2-3-4-5-6-7-8-11-14-22-18-19-16-13-10-9-12-15(16)17(20)21-18/h9-10,12-13H,2-8,11,14H2,1H3. The zero-order valence-corrected chi connectivity index (χ0v) is 14.2. The van der Waals surface area contributed by atoms with Crippen LogP contribution < -0.4 is 5.63 Å². The Balaban J connectivity index is 1.68. The molecule has 0 bridgehead atoms. The van der Waals surface area contributed by atoms with E-state index in [1.165, 1.54) is 44.9 Å². The minimum atomic E-state index is -0.288. The average molecular weight is 319 g/mol. The molecule has 0 unspecified atom stereocenters. The first-order chi connectivity index (χ1) is 10.8. The van der Waals surface area contributed by atoms with Gasteiger partial charge >= 0.3 is 5.63 Å². The van der Waals surface area contributed by atoms with E-state index in [2.05, 4.69) is 11.9 Å². The van der Waals surface area contributed by atoms with Gasteiger partial charge in [-0.2, -0.15) is 0 Å². The zero-order valence-electron chi connectivity index (χ0n) is 13.3. The van der Waals surface area contributed by atoms with Crippen LogP contribution in [0.5, 0.6) is 0 Å². The van der Waals surface area contributed by atoms with E-state index >= 15 is 0 Å². The fourth-order valence-corrected chi connectivity index (χ4v) is 3.28. The van der Waals surface area contributed by atoms with Crippen LogP contribution in [0.4, 0.5) is 0 Å². The molecular weight excluding hydrogens is 294 g/mol. The third-order valence-electron chi connectivity index (χ3n) is 3.74. The van der Waals surface area contributed by atoms with Crippen LogP contribution in [0.15, 0.2) is 38.7 Å². The number of para-hydroxylation sites is 1. The number of nitrogens with zero attached hydrogens (tertiary/aromatic N) is 1. The van der Waals surface area contributed by atoms with E-state index in [1.54, 1.807) is 17.8 Å². The number of unbranched alkanes of at least 4 members (excludes halogenated alkanes) is 7. The summed E-state index contributed by atoms with van der Waals surface area (Å²) < 4.78 is 5.26. The summed E-state index contributed by atoms with van der Waals surface area (Å²) >= 11 is 1.54. The lowest BCUT2D eigenvalue weighted by atomic mass is 10.1. The summed E-state index contributed by atoms with van der Waals surface area (Å²) in [5.74, 6) is 0.962. The number of thioether (sulfide) groups is 1. The normalized spacial score (nSPS) is 11.1. The predicted molar refractivity (Wildman–Crippen MR) is 93.6 cm³/mol. The first kappa shape index (κ1) is 17.1. The SMILES string of the molecule is CCCCCCCCCCSc1nc2ccccc2c(=O)o1. The van der Waals surface area contributed by atoms with Crippen LogP contribution in [-0.2, 0) is 0 Å². The summed E-state index contributed by atoms with van der Waals surface area (Å²) in [5.41, 5.74) is 0.432. The molecular formula is C18H25NO2S. The van der Waals surface area contributed by atoms with Crippen molar-refractivity contribution in [2.24, 2.45) is 0 Å². The first-order valence-electron chi connectivity index (χ1n) is 8.34.